The first kappa shape index (κ1) is 17.1. The Labute approximate surface area is 150 Å². The fraction of sp³-hybridized carbons (Fsp3) is 0.133. The average molecular weight is 380 g/mol. The second-order valence-corrected chi connectivity index (χ2v) is 6.27. The molecule has 0 aliphatic heterocycles. The lowest BCUT2D eigenvalue weighted by Gasteiger charge is -2.09. The van der Waals surface area contributed by atoms with Gasteiger partial charge in [0.05, 0.1) is 9.80 Å². The SMILES string of the molecule is CC(OC(=O)c1ccc(Cl)cc1[N+](=O)[O-])c1nnc(-c2cccs2)o1. The number of carbonyl (C=O) groups is 1. The molecule has 0 radical (unpaired) electrons. The molecule has 0 saturated carbocycles. The van der Waals surface area contributed by atoms with Gasteiger partial charge in [-0.1, -0.05) is 17.7 Å². The topological polar surface area (TPSA) is 108 Å². The van der Waals surface area contributed by atoms with Crippen LogP contribution in [0.5, 0.6) is 0 Å². The Morgan fingerprint density at radius 2 is 2.20 bits per heavy atom. The standard InChI is InChI=1S/C15H10ClN3O5S/c1-8(13-17-18-14(24-13)12-3-2-6-25-12)23-15(20)10-5-4-9(16)7-11(10)19(21)22/h2-8H,1H3. The smallest absolute Gasteiger partial charge is 0.345 e. The third-order valence-electron chi connectivity index (χ3n) is 3.18. The Hall–Kier alpha value is -2.78. The molecular weight excluding hydrogens is 370 g/mol. The molecule has 1 atom stereocenters. The second kappa shape index (κ2) is 6.99. The van der Waals surface area contributed by atoms with E-state index >= 15 is 0 Å². The number of rotatable bonds is 5. The zero-order chi connectivity index (χ0) is 18.0. The van der Waals surface area contributed by atoms with Gasteiger partial charge in [0.25, 0.3) is 17.5 Å². The molecule has 25 heavy (non-hydrogen) atoms. The lowest BCUT2D eigenvalue weighted by molar-refractivity contribution is -0.385. The molecule has 8 nitrogen and oxygen atoms in total. The van der Waals surface area contributed by atoms with Crippen molar-refractivity contribution >= 4 is 34.6 Å². The van der Waals surface area contributed by atoms with E-state index in [9.17, 15) is 14.9 Å². The molecule has 128 valence electrons. The van der Waals surface area contributed by atoms with Crippen LogP contribution in [0.4, 0.5) is 5.69 Å². The molecule has 2 aromatic heterocycles. The largest absolute Gasteiger partial charge is 0.449 e. The van der Waals surface area contributed by atoms with Gasteiger partial charge in [0.1, 0.15) is 5.56 Å². The van der Waals surface area contributed by atoms with Crippen LogP contribution in [0.25, 0.3) is 10.8 Å². The molecule has 0 N–H and O–H groups in total. The van der Waals surface area contributed by atoms with Crippen molar-refractivity contribution in [1.82, 2.24) is 10.2 Å². The van der Waals surface area contributed by atoms with Gasteiger partial charge in [0.2, 0.25) is 0 Å². The van der Waals surface area contributed by atoms with Gasteiger partial charge >= 0.3 is 5.97 Å². The third kappa shape index (κ3) is 3.67. The highest BCUT2D eigenvalue weighted by Gasteiger charge is 2.26. The highest BCUT2D eigenvalue weighted by atomic mass is 35.5. The van der Waals surface area contributed by atoms with E-state index in [-0.39, 0.29) is 16.5 Å². The summed E-state index contributed by atoms with van der Waals surface area (Å²) in [5, 5.41) is 20.8. The summed E-state index contributed by atoms with van der Waals surface area (Å²) in [5.41, 5.74) is -0.645. The van der Waals surface area contributed by atoms with Gasteiger partial charge < -0.3 is 9.15 Å². The number of benzene rings is 1. The number of ether oxygens (including phenoxy) is 1. The molecule has 3 aromatic rings. The van der Waals surface area contributed by atoms with Gasteiger partial charge in [0, 0.05) is 11.1 Å². The van der Waals surface area contributed by atoms with Crippen molar-refractivity contribution in [2.75, 3.05) is 0 Å². The Bertz CT molecular complexity index is 925. The number of hydrogen-bond acceptors (Lipinski definition) is 8. The molecule has 0 aliphatic carbocycles. The van der Waals surface area contributed by atoms with Crippen LogP contribution in [0.3, 0.4) is 0 Å². The summed E-state index contributed by atoms with van der Waals surface area (Å²) in [6, 6.07) is 7.35. The summed E-state index contributed by atoms with van der Waals surface area (Å²) in [6.45, 7) is 1.53. The summed E-state index contributed by atoms with van der Waals surface area (Å²) in [5.74, 6) is -0.481. The van der Waals surface area contributed by atoms with Crippen molar-refractivity contribution in [2.45, 2.75) is 13.0 Å². The average Bonchev–Trinajstić information content (AvgIpc) is 3.25. The molecule has 3 rings (SSSR count). The van der Waals surface area contributed by atoms with Crippen LogP contribution in [-0.4, -0.2) is 21.1 Å². The third-order valence-corrected chi connectivity index (χ3v) is 4.27. The van der Waals surface area contributed by atoms with Crippen molar-refractivity contribution in [3.8, 4) is 10.8 Å². The van der Waals surface area contributed by atoms with E-state index in [0.717, 1.165) is 10.9 Å². The van der Waals surface area contributed by atoms with Gasteiger partial charge in [0.15, 0.2) is 6.10 Å². The highest BCUT2D eigenvalue weighted by Crippen LogP contribution is 2.28. The first-order valence-electron chi connectivity index (χ1n) is 6.98. The minimum absolute atomic E-state index is 0.0911. The molecule has 2 heterocycles. The molecule has 0 fully saturated rings. The number of aromatic nitrogens is 2. The number of carbonyl (C=O) groups excluding carboxylic acids is 1. The normalized spacial score (nSPS) is 11.9. The van der Waals surface area contributed by atoms with Crippen molar-refractivity contribution < 1.29 is 18.9 Å². The molecular formula is C15H10ClN3O5S. The predicted molar refractivity (Wildman–Crippen MR) is 89.5 cm³/mol. The second-order valence-electron chi connectivity index (χ2n) is 4.89. The van der Waals surface area contributed by atoms with Gasteiger partial charge in [-0.2, -0.15) is 0 Å². The van der Waals surface area contributed by atoms with E-state index in [0.29, 0.717) is 5.89 Å². The maximum atomic E-state index is 12.2. The monoisotopic (exact) mass is 379 g/mol. The van der Waals surface area contributed by atoms with Crippen molar-refractivity contribution in [1.29, 1.82) is 0 Å². The summed E-state index contributed by atoms with van der Waals surface area (Å²) < 4.78 is 10.7. The van der Waals surface area contributed by atoms with Crippen molar-refractivity contribution in [3.05, 3.63) is 62.3 Å². The fourth-order valence-electron chi connectivity index (χ4n) is 2.00. The zero-order valence-corrected chi connectivity index (χ0v) is 14.3. The number of esters is 1. The van der Waals surface area contributed by atoms with Crippen LogP contribution in [-0.2, 0) is 4.74 Å². The Kier molecular flexibility index (Phi) is 4.77. The molecule has 1 unspecified atom stereocenters. The number of nitrogens with zero attached hydrogens (tertiary/aromatic N) is 3. The van der Waals surface area contributed by atoms with E-state index in [1.807, 2.05) is 17.5 Å². The summed E-state index contributed by atoms with van der Waals surface area (Å²) in [6.07, 6.45) is -0.871. The minimum Gasteiger partial charge on any atom is -0.449 e. The first-order valence-corrected chi connectivity index (χ1v) is 8.23. The van der Waals surface area contributed by atoms with Crippen LogP contribution in [0.15, 0.2) is 40.1 Å². The molecule has 0 bridgehead atoms. The minimum atomic E-state index is -0.883. The maximum absolute atomic E-state index is 12.2. The number of nitro benzene ring substituents is 1. The van der Waals surface area contributed by atoms with E-state index in [1.54, 1.807) is 0 Å². The number of thiophene rings is 1. The number of hydrogen-bond donors (Lipinski definition) is 0. The Morgan fingerprint density at radius 3 is 2.88 bits per heavy atom. The molecule has 0 spiro atoms. The van der Waals surface area contributed by atoms with E-state index in [1.165, 1.54) is 30.4 Å². The van der Waals surface area contributed by atoms with Crippen LogP contribution < -0.4 is 0 Å². The Morgan fingerprint density at radius 1 is 1.40 bits per heavy atom. The van der Waals surface area contributed by atoms with Crippen molar-refractivity contribution in [3.63, 3.8) is 0 Å². The summed E-state index contributed by atoms with van der Waals surface area (Å²) in [4.78, 5) is 23.4. The molecule has 1 aromatic carbocycles. The molecule has 0 aliphatic rings. The van der Waals surface area contributed by atoms with Crippen LogP contribution in [0, 0.1) is 10.1 Å². The summed E-state index contributed by atoms with van der Waals surface area (Å²) >= 11 is 7.16. The molecule has 0 amide bonds. The van der Waals surface area contributed by atoms with Crippen LogP contribution in [0.2, 0.25) is 5.02 Å². The lowest BCUT2D eigenvalue weighted by atomic mass is 10.2. The van der Waals surface area contributed by atoms with Crippen LogP contribution in [0.1, 0.15) is 29.3 Å². The van der Waals surface area contributed by atoms with E-state index in [2.05, 4.69) is 10.2 Å². The van der Waals surface area contributed by atoms with E-state index < -0.39 is 22.7 Å². The van der Waals surface area contributed by atoms with Gasteiger partial charge in [-0.05, 0) is 30.5 Å². The number of nitro groups is 1. The molecule has 0 saturated heterocycles. The maximum Gasteiger partial charge on any atom is 0.345 e. The number of halogens is 1. The summed E-state index contributed by atoms with van der Waals surface area (Å²) in [7, 11) is 0. The lowest BCUT2D eigenvalue weighted by Crippen LogP contribution is -2.11. The molecule has 10 heteroatoms. The van der Waals surface area contributed by atoms with Crippen molar-refractivity contribution in [2.24, 2.45) is 0 Å². The fourth-order valence-corrected chi connectivity index (χ4v) is 2.81. The quantitative estimate of drug-likeness (QED) is 0.369. The first-order chi connectivity index (χ1) is 12.0. The highest BCUT2D eigenvalue weighted by molar-refractivity contribution is 7.13. The van der Waals surface area contributed by atoms with Gasteiger partial charge in [-0.15, -0.1) is 21.5 Å². The van der Waals surface area contributed by atoms with E-state index in [4.69, 9.17) is 20.8 Å². The zero-order valence-electron chi connectivity index (χ0n) is 12.7. The van der Waals surface area contributed by atoms with Crippen LogP contribution >= 0.6 is 22.9 Å². The Balaban J connectivity index is 1.78. The predicted octanol–water partition coefficient (Wildman–Crippen LogP) is 4.28. The van der Waals surface area contributed by atoms with Gasteiger partial charge in [-0.25, -0.2) is 4.79 Å². The van der Waals surface area contributed by atoms with Gasteiger partial charge in [-0.3, -0.25) is 10.1 Å².